The minimum Gasteiger partial charge on any atom is -0.481 e. The topological polar surface area (TPSA) is 52.8 Å². The van der Waals surface area contributed by atoms with Crippen LogP contribution in [0, 0.1) is 0 Å². The van der Waals surface area contributed by atoms with Crippen LogP contribution < -0.4 is 4.90 Å². The Morgan fingerprint density at radius 3 is 2.36 bits per heavy atom. The van der Waals surface area contributed by atoms with E-state index in [0.717, 1.165) is 71.4 Å². The Morgan fingerprint density at radius 1 is 0.915 bits per heavy atom. The van der Waals surface area contributed by atoms with E-state index in [1.165, 1.54) is 22.5 Å². The fourth-order valence-electron chi connectivity index (χ4n) is 7.02. The predicted octanol–water partition coefficient (Wildman–Crippen LogP) is 10.5. The Kier molecular flexibility index (Phi) is 11.1. The van der Waals surface area contributed by atoms with E-state index in [1.807, 2.05) is 12.1 Å². The molecule has 3 aliphatic rings. The van der Waals surface area contributed by atoms with Crippen molar-refractivity contribution >= 4 is 57.9 Å². The molecule has 2 aromatic carbocycles. The summed E-state index contributed by atoms with van der Waals surface area (Å²) in [6, 6.07) is 12.3. The van der Waals surface area contributed by atoms with E-state index in [0.29, 0.717) is 24.7 Å². The van der Waals surface area contributed by atoms with Crippen LogP contribution >= 0.6 is 34.8 Å². The van der Waals surface area contributed by atoms with E-state index in [9.17, 15) is 4.79 Å². The lowest BCUT2D eigenvalue weighted by Crippen LogP contribution is -2.28. The van der Waals surface area contributed by atoms with Gasteiger partial charge in [-0.3, -0.25) is 4.79 Å². The number of benzene rings is 2. The summed E-state index contributed by atoms with van der Waals surface area (Å²) >= 11 is 20.0. The third-order valence-corrected chi connectivity index (χ3v) is 10.6. The zero-order valence-electron chi connectivity index (χ0n) is 28.1. The first-order valence-corrected chi connectivity index (χ1v) is 17.8. The number of carboxylic acids is 1. The van der Waals surface area contributed by atoms with Crippen molar-refractivity contribution in [2.24, 2.45) is 0 Å². The van der Waals surface area contributed by atoms with E-state index >= 15 is 0 Å². The minimum atomic E-state index is -0.747. The van der Waals surface area contributed by atoms with Gasteiger partial charge in [-0.25, -0.2) is 0 Å². The highest BCUT2D eigenvalue weighted by atomic mass is 35.5. The van der Waals surface area contributed by atoms with E-state index < -0.39 is 5.97 Å². The number of fused-ring (bicyclic) bond motifs is 2. The Morgan fingerprint density at radius 2 is 1.64 bits per heavy atom. The van der Waals surface area contributed by atoms with Crippen molar-refractivity contribution in [3.05, 3.63) is 104 Å². The van der Waals surface area contributed by atoms with Gasteiger partial charge in [-0.2, -0.15) is 4.58 Å². The van der Waals surface area contributed by atoms with Gasteiger partial charge in [0.1, 0.15) is 6.54 Å². The number of rotatable bonds is 12. The van der Waals surface area contributed by atoms with Crippen LogP contribution in [0.2, 0.25) is 10.0 Å². The number of carboxylic acid groups (broad SMARTS) is 1. The molecule has 0 bridgehead atoms. The molecule has 0 aromatic heterocycles. The molecule has 0 amide bonds. The van der Waals surface area contributed by atoms with Gasteiger partial charge < -0.3 is 14.7 Å². The predicted molar refractivity (Wildman–Crippen MR) is 196 cm³/mol. The molecule has 0 unspecified atom stereocenters. The second-order valence-electron chi connectivity index (χ2n) is 13.7. The molecule has 0 atom stereocenters. The molecule has 0 aliphatic carbocycles. The molecular formula is C39H46Cl3N2O3+. The number of unbranched alkanes of at least 4 members (excludes halogenated alkanes) is 3. The number of ether oxygens (including phenoxy) is 1. The fraction of sp³-hybridized carbons (Fsp3) is 0.436. The third kappa shape index (κ3) is 7.44. The van der Waals surface area contributed by atoms with Crippen LogP contribution in [-0.2, 0) is 20.4 Å². The standard InChI is InChI=1S/C39H45Cl3N2O3/c1-6-7-20-43-32-16-14-28(40)22-30(32)38(2,3)34(43)18-12-26-24-47-25-27(37(26)42)13-19-35-39(4,5)31-23-29(41)15-17-33(31)44(35)21-10-8-9-11-36(45)46/h12-19,22-23H,6-11,20-21,24-25H2,1-5H3/p+1. The summed E-state index contributed by atoms with van der Waals surface area (Å²) in [7, 11) is 0. The zero-order chi connectivity index (χ0) is 33.9. The van der Waals surface area contributed by atoms with Crippen molar-refractivity contribution in [3.63, 3.8) is 0 Å². The maximum Gasteiger partial charge on any atom is 0.303 e. The second kappa shape index (κ2) is 14.7. The lowest BCUT2D eigenvalue weighted by Gasteiger charge is -2.27. The molecule has 3 heterocycles. The molecule has 3 aliphatic heterocycles. The first-order valence-electron chi connectivity index (χ1n) is 16.7. The molecule has 0 saturated heterocycles. The van der Waals surface area contributed by atoms with Gasteiger partial charge in [0.05, 0.1) is 23.7 Å². The van der Waals surface area contributed by atoms with Crippen LogP contribution in [-0.4, -0.2) is 47.7 Å². The molecule has 0 saturated carbocycles. The molecule has 5 nitrogen and oxygen atoms in total. The number of nitrogens with zero attached hydrogens (tertiary/aromatic N) is 2. The number of allylic oxidation sites excluding steroid dienone is 4. The van der Waals surface area contributed by atoms with E-state index in [4.69, 9.17) is 44.6 Å². The van der Waals surface area contributed by atoms with Crippen molar-refractivity contribution in [1.29, 1.82) is 0 Å². The Bertz CT molecular complexity index is 1700. The maximum absolute atomic E-state index is 11.0. The molecule has 5 rings (SSSR count). The molecular weight excluding hydrogens is 651 g/mol. The summed E-state index contributed by atoms with van der Waals surface area (Å²) in [6.07, 6.45) is 13.4. The van der Waals surface area contributed by atoms with Crippen molar-refractivity contribution in [2.75, 3.05) is 31.2 Å². The summed E-state index contributed by atoms with van der Waals surface area (Å²) in [5.74, 6) is -0.747. The summed E-state index contributed by atoms with van der Waals surface area (Å²) in [5.41, 5.74) is 8.54. The summed E-state index contributed by atoms with van der Waals surface area (Å²) < 4.78 is 8.42. The molecule has 0 radical (unpaired) electrons. The Labute approximate surface area is 294 Å². The lowest BCUT2D eigenvalue weighted by molar-refractivity contribution is -0.438. The largest absolute Gasteiger partial charge is 0.481 e. The highest BCUT2D eigenvalue weighted by Crippen LogP contribution is 2.49. The number of aliphatic carboxylic acids is 1. The molecule has 250 valence electrons. The number of anilines is 1. The van der Waals surface area contributed by atoms with E-state index in [2.05, 4.69) is 92.7 Å². The van der Waals surface area contributed by atoms with Gasteiger partial charge in [0.15, 0.2) is 5.71 Å². The van der Waals surface area contributed by atoms with E-state index in [-0.39, 0.29) is 17.3 Å². The Hall–Kier alpha value is -2.83. The van der Waals surface area contributed by atoms with Gasteiger partial charge in [0.25, 0.3) is 0 Å². The number of hydrogen-bond donors (Lipinski definition) is 1. The summed E-state index contributed by atoms with van der Waals surface area (Å²) in [4.78, 5) is 13.4. The Balaban J connectivity index is 1.46. The van der Waals surface area contributed by atoms with E-state index in [1.54, 1.807) is 0 Å². The van der Waals surface area contributed by atoms with Crippen LogP contribution in [0.5, 0.6) is 0 Å². The first-order chi connectivity index (χ1) is 22.4. The normalized spacial score (nSPS) is 20.2. The van der Waals surface area contributed by atoms with Crippen LogP contribution in [0.3, 0.4) is 0 Å². The van der Waals surface area contributed by atoms with Gasteiger partial charge in [0.2, 0.25) is 5.69 Å². The second-order valence-corrected chi connectivity index (χ2v) is 15.0. The van der Waals surface area contributed by atoms with Crippen molar-refractivity contribution in [3.8, 4) is 0 Å². The molecule has 47 heavy (non-hydrogen) atoms. The van der Waals surface area contributed by atoms with Gasteiger partial charge in [0, 0.05) is 63.9 Å². The SMILES string of the molecule is CCCCN1/C(=C/C=C2\COCC(/C=C/C3=[N+](CCCCCC(=O)O)c4ccc(Cl)cc4C3(C)C)=C2Cl)C(C)(C)c2cc(Cl)ccc21. The molecule has 0 spiro atoms. The average molecular weight is 697 g/mol. The van der Waals surface area contributed by atoms with Crippen LogP contribution in [0.1, 0.15) is 84.3 Å². The van der Waals surface area contributed by atoms with Gasteiger partial charge in [-0.05, 0) is 92.3 Å². The third-order valence-electron chi connectivity index (χ3n) is 9.68. The smallest absolute Gasteiger partial charge is 0.303 e. The number of carbonyl (C=O) groups is 1. The highest BCUT2D eigenvalue weighted by Gasteiger charge is 2.44. The highest BCUT2D eigenvalue weighted by molar-refractivity contribution is 6.33. The van der Waals surface area contributed by atoms with Crippen LogP contribution in [0.15, 0.2) is 82.6 Å². The van der Waals surface area contributed by atoms with Crippen LogP contribution in [0.4, 0.5) is 11.4 Å². The summed E-state index contributed by atoms with van der Waals surface area (Å²) in [6.45, 7) is 13.8. The monoisotopic (exact) mass is 695 g/mol. The number of hydrogen-bond acceptors (Lipinski definition) is 3. The lowest BCUT2D eigenvalue weighted by atomic mass is 9.81. The molecule has 8 heteroatoms. The summed E-state index contributed by atoms with van der Waals surface area (Å²) in [5, 5.41) is 11.2. The van der Waals surface area contributed by atoms with Crippen molar-refractivity contribution in [2.45, 2.75) is 84.0 Å². The zero-order valence-corrected chi connectivity index (χ0v) is 30.4. The average Bonchev–Trinajstić information content (AvgIpc) is 3.35. The molecule has 1 N–H and O–H groups in total. The minimum absolute atomic E-state index is 0.197. The quantitative estimate of drug-likeness (QED) is 0.177. The van der Waals surface area contributed by atoms with Crippen LogP contribution in [0.25, 0.3) is 0 Å². The van der Waals surface area contributed by atoms with Gasteiger partial charge >= 0.3 is 5.97 Å². The van der Waals surface area contributed by atoms with Gasteiger partial charge in [-0.1, -0.05) is 68.1 Å². The van der Waals surface area contributed by atoms with Crippen molar-refractivity contribution in [1.82, 2.24) is 0 Å². The molecule has 0 fully saturated rings. The first kappa shape index (κ1) is 35.5. The number of halogens is 3. The maximum atomic E-state index is 11.0. The molecule has 2 aromatic rings. The fourth-order valence-corrected chi connectivity index (χ4v) is 7.60. The van der Waals surface area contributed by atoms with Gasteiger partial charge in [-0.15, -0.1) is 0 Å². The van der Waals surface area contributed by atoms with Crippen molar-refractivity contribution < 1.29 is 19.2 Å².